The molecule has 21 rings (SSSR count). The van der Waals surface area contributed by atoms with E-state index in [1.807, 2.05) is 0 Å². The van der Waals surface area contributed by atoms with Crippen molar-refractivity contribution < 1.29 is 0 Å². The number of para-hydroxylation sites is 3. The van der Waals surface area contributed by atoms with Crippen LogP contribution < -0.4 is 29.4 Å². The summed E-state index contributed by atoms with van der Waals surface area (Å²) in [6.45, 7) is 0. The predicted molar refractivity (Wildman–Crippen MR) is 544 cm³/mol. The van der Waals surface area contributed by atoms with Crippen molar-refractivity contribution in [3.8, 4) is 55.6 Å². The lowest BCUT2D eigenvalue weighted by Gasteiger charge is -2.26. The first kappa shape index (κ1) is 80.2. The Morgan fingerprint density at radius 1 is 0.102 bits per heavy atom. The summed E-state index contributed by atoms with van der Waals surface area (Å²) >= 11 is 0. The van der Waals surface area contributed by atoms with Crippen molar-refractivity contribution in [1.29, 1.82) is 0 Å². The van der Waals surface area contributed by atoms with Crippen LogP contribution in [0.3, 0.4) is 0 Å². The van der Waals surface area contributed by atoms with Gasteiger partial charge in [0.1, 0.15) is 0 Å². The normalized spacial score (nSPS) is 11.0. The number of benzene rings is 21. The minimum Gasteiger partial charge on any atom is -0.345 e. The largest absolute Gasteiger partial charge is 0.345 e. The van der Waals surface area contributed by atoms with Gasteiger partial charge >= 0.3 is 0 Å². The van der Waals surface area contributed by atoms with Crippen LogP contribution in [0.2, 0.25) is 0 Å². The summed E-state index contributed by atoms with van der Waals surface area (Å²) in [5.74, 6) is 0. The van der Waals surface area contributed by atoms with Crippen LogP contribution >= 0.6 is 0 Å². The Kier molecular flexibility index (Phi) is 23.6. The fourth-order valence-corrected chi connectivity index (χ4v) is 16.9. The van der Waals surface area contributed by atoms with E-state index >= 15 is 0 Å². The quantitative estimate of drug-likeness (QED) is 0.0752. The second kappa shape index (κ2) is 37.4. The fraction of sp³-hybridized carbons (Fsp3) is 0.0248. The zero-order valence-corrected chi connectivity index (χ0v) is 71.3. The molecular weight excluding hydrogens is 1540 g/mol. The number of fused-ring (bicyclic) bond motifs is 4. The van der Waals surface area contributed by atoms with E-state index in [9.17, 15) is 0 Å². The molecule has 0 aromatic heterocycles. The van der Waals surface area contributed by atoms with Crippen LogP contribution in [0.15, 0.2) is 516 Å². The van der Waals surface area contributed by atoms with E-state index in [1.54, 1.807) is 0 Å². The second-order valence-electron chi connectivity index (χ2n) is 31.9. The van der Waals surface area contributed by atoms with Crippen molar-refractivity contribution in [1.82, 2.24) is 0 Å². The molecule has 0 bridgehead atoms. The average molecular weight is 1630 g/mol. The molecule has 608 valence electrons. The summed E-state index contributed by atoms with van der Waals surface area (Å²) in [7, 11) is 6.37. The molecule has 0 N–H and O–H groups in total. The van der Waals surface area contributed by atoms with E-state index in [-0.39, 0.29) is 0 Å². The molecule has 6 nitrogen and oxygen atoms in total. The molecule has 0 aliphatic heterocycles. The van der Waals surface area contributed by atoms with Crippen LogP contribution in [0.5, 0.6) is 0 Å². The van der Waals surface area contributed by atoms with Crippen molar-refractivity contribution in [3.63, 3.8) is 0 Å². The maximum absolute atomic E-state index is 2.32. The van der Waals surface area contributed by atoms with E-state index in [4.69, 9.17) is 0 Å². The molecule has 0 saturated heterocycles. The molecule has 0 saturated carbocycles. The van der Waals surface area contributed by atoms with Crippen LogP contribution in [0, 0.1) is 0 Å². The summed E-state index contributed by atoms with van der Waals surface area (Å²) in [4.78, 5) is 13.7. The molecule has 0 radical (unpaired) electrons. The summed E-state index contributed by atoms with van der Waals surface area (Å²) in [6, 6.07) is 184. The van der Waals surface area contributed by atoms with Crippen LogP contribution in [0.4, 0.5) is 85.3 Å². The minimum absolute atomic E-state index is 1.12. The van der Waals surface area contributed by atoms with Crippen LogP contribution in [0.1, 0.15) is 0 Å². The smallest absolute Gasteiger partial charge is 0.0468 e. The molecule has 0 atom stereocenters. The van der Waals surface area contributed by atoms with Gasteiger partial charge in [0.05, 0.1) is 0 Å². The van der Waals surface area contributed by atoms with Gasteiger partial charge in [0, 0.05) is 106 Å². The average Bonchev–Trinajstić information content (AvgIpc) is 0.797. The van der Waals surface area contributed by atoms with E-state index in [0.29, 0.717) is 0 Å². The lowest BCUT2D eigenvalue weighted by molar-refractivity contribution is 1.21. The Morgan fingerprint density at radius 2 is 0.268 bits per heavy atom. The standard InChI is InChI=1S/2C41H32N2.C39H30N2/c1-42(40-18-10-15-36(29-40)31-11-4-2-5-12-31)37-24-19-33(20-25-37)34-21-26-39(27-22-34)43(38-16-6-3-7-17-38)41-28-23-32-13-8-9-14-35(32)30-41;1-42(37-23-16-33(17-24-37)31-10-4-2-5-11-31)38-25-18-34(19-26-38)35-20-27-40(28-21-35)43(39-14-6-3-7-15-39)41-29-22-32-12-8-9-13-36(32)30-41;1-40(38-25-19-29-9-5-7-11-33(29)27-38)35-21-15-31(16-22-35)32-17-23-37(24-18-32)41(36-13-3-2-4-14-36)39-26-20-30-10-6-8-12-34(30)28-39/h2*2-30H,1H3;2-28H,1H3. The maximum atomic E-state index is 2.32. The molecule has 0 unspecified atom stereocenters. The lowest BCUT2D eigenvalue weighted by Crippen LogP contribution is -2.09. The van der Waals surface area contributed by atoms with Gasteiger partial charge in [0.2, 0.25) is 0 Å². The molecule has 0 amide bonds. The Morgan fingerprint density at radius 3 is 0.543 bits per heavy atom. The van der Waals surface area contributed by atoms with Gasteiger partial charge in [-0.25, -0.2) is 0 Å². The van der Waals surface area contributed by atoms with Crippen molar-refractivity contribution >= 4 is 128 Å². The number of hydrogen-bond acceptors (Lipinski definition) is 6. The second-order valence-corrected chi connectivity index (χ2v) is 31.9. The highest BCUT2D eigenvalue weighted by Gasteiger charge is 2.19. The first-order chi connectivity index (χ1) is 62.7. The molecule has 0 spiro atoms. The lowest BCUT2D eigenvalue weighted by atomic mass is 10.0. The summed E-state index contributed by atoms with van der Waals surface area (Å²) in [5, 5.41) is 9.94. The minimum atomic E-state index is 1.12. The highest BCUT2D eigenvalue weighted by Crippen LogP contribution is 2.43. The van der Waals surface area contributed by atoms with Crippen molar-refractivity contribution in [2.75, 3.05) is 50.5 Å². The molecule has 21 aromatic rings. The third-order valence-electron chi connectivity index (χ3n) is 24.0. The van der Waals surface area contributed by atoms with Crippen molar-refractivity contribution in [2.45, 2.75) is 0 Å². The number of anilines is 15. The van der Waals surface area contributed by atoms with Gasteiger partial charge in [-0.3, -0.25) is 0 Å². The van der Waals surface area contributed by atoms with E-state index in [0.717, 1.165) is 79.6 Å². The van der Waals surface area contributed by atoms with Crippen LogP contribution in [-0.2, 0) is 0 Å². The Hall–Kier alpha value is -16.5. The zero-order chi connectivity index (χ0) is 85.6. The molecule has 21 aromatic carbocycles. The molecule has 0 aliphatic rings. The Bertz CT molecular complexity index is 7240. The summed E-state index contributed by atoms with van der Waals surface area (Å²) in [5.41, 5.74) is 29.2. The van der Waals surface area contributed by atoms with Crippen LogP contribution in [0.25, 0.3) is 98.7 Å². The monoisotopic (exact) mass is 1630 g/mol. The molecule has 0 aliphatic carbocycles. The summed E-state index contributed by atoms with van der Waals surface area (Å²) < 4.78 is 0. The van der Waals surface area contributed by atoms with Gasteiger partial charge in [-0.1, -0.05) is 334 Å². The zero-order valence-electron chi connectivity index (χ0n) is 71.3. The van der Waals surface area contributed by atoms with E-state index in [1.165, 1.54) is 104 Å². The third-order valence-corrected chi connectivity index (χ3v) is 24.0. The Balaban J connectivity index is 0.000000124. The first-order valence-electron chi connectivity index (χ1n) is 43.3. The topological polar surface area (TPSA) is 19.4 Å². The molecule has 127 heavy (non-hydrogen) atoms. The Labute approximate surface area is 745 Å². The molecular formula is C121H94N6. The van der Waals surface area contributed by atoms with Crippen molar-refractivity contribution in [3.05, 3.63) is 516 Å². The molecule has 0 fully saturated rings. The predicted octanol–water partition coefficient (Wildman–Crippen LogP) is 33.7. The number of rotatable bonds is 20. The highest BCUT2D eigenvalue weighted by molar-refractivity contribution is 5.94. The van der Waals surface area contributed by atoms with E-state index < -0.39 is 0 Å². The highest BCUT2D eigenvalue weighted by atomic mass is 15.2. The van der Waals surface area contributed by atoms with Gasteiger partial charge in [-0.2, -0.15) is 0 Å². The molecule has 0 heterocycles. The fourth-order valence-electron chi connectivity index (χ4n) is 16.9. The number of nitrogens with zero attached hydrogens (tertiary/aromatic N) is 6. The van der Waals surface area contributed by atoms with Gasteiger partial charge in [-0.05, 0) is 281 Å². The molecule has 6 heteroatoms. The summed E-state index contributed by atoms with van der Waals surface area (Å²) in [6.07, 6.45) is 0. The maximum Gasteiger partial charge on any atom is 0.0468 e. The van der Waals surface area contributed by atoms with Gasteiger partial charge in [0.25, 0.3) is 0 Å². The van der Waals surface area contributed by atoms with Gasteiger partial charge in [-0.15, -0.1) is 0 Å². The first-order valence-corrected chi connectivity index (χ1v) is 43.3. The SMILES string of the molecule is CN(c1ccc(-c2ccc(N(c3ccccc3)c3ccc4ccccc4c3)cc2)cc1)c1ccc2ccccc2c1.CN(c1ccc(-c2ccc(N(c3ccccc3)c3ccc4ccccc4c3)cc2)cc1)c1cccc(-c2ccccc2)c1.CN(c1ccc(-c2ccccc2)cc1)c1ccc(-c2ccc(N(c3ccccc3)c3ccc4ccccc4c3)cc2)cc1. The van der Waals surface area contributed by atoms with Gasteiger partial charge in [0.15, 0.2) is 0 Å². The van der Waals surface area contributed by atoms with Gasteiger partial charge < -0.3 is 29.4 Å². The van der Waals surface area contributed by atoms with E-state index in [2.05, 4.69) is 566 Å². The number of hydrogen-bond donors (Lipinski definition) is 0. The van der Waals surface area contributed by atoms with Crippen molar-refractivity contribution in [2.24, 2.45) is 0 Å². The van der Waals surface area contributed by atoms with Crippen LogP contribution in [-0.4, -0.2) is 21.1 Å². The third kappa shape index (κ3) is 18.2.